The van der Waals surface area contributed by atoms with Crippen molar-refractivity contribution < 1.29 is 14.3 Å². The number of carbonyl (C=O) groups is 1. The van der Waals surface area contributed by atoms with E-state index in [1.54, 1.807) is 13.2 Å². The van der Waals surface area contributed by atoms with Gasteiger partial charge in [-0.15, -0.1) is 0 Å². The van der Waals surface area contributed by atoms with Crippen LogP contribution in [0.25, 0.3) is 6.08 Å². The van der Waals surface area contributed by atoms with Gasteiger partial charge in [-0.05, 0) is 66.3 Å². The number of aryl methyl sites for hydroxylation is 2. The molecule has 3 rings (SSSR count). The topological polar surface area (TPSA) is 59.3 Å². The minimum absolute atomic E-state index is 0.146. The normalized spacial score (nSPS) is 13.6. The third-order valence-electron chi connectivity index (χ3n) is 5.13. The molecule has 0 fully saturated rings. The lowest BCUT2D eigenvalue weighted by molar-refractivity contribution is -0.121. The Balaban J connectivity index is 1.82. The van der Waals surface area contributed by atoms with Crippen LogP contribution in [0.5, 0.6) is 11.5 Å². The number of hydrogen-bond acceptors (Lipinski definition) is 4. The highest BCUT2D eigenvalue weighted by Crippen LogP contribution is 2.28. The van der Waals surface area contributed by atoms with Gasteiger partial charge >= 0.3 is 0 Å². The van der Waals surface area contributed by atoms with Crippen LogP contribution in [0.1, 0.15) is 49.4 Å². The van der Waals surface area contributed by atoms with Gasteiger partial charge in [0.15, 0.2) is 5.78 Å². The van der Waals surface area contributed by atoms with Crippen LogP contribution in [0, 0.1) is 16.7 Å². The summed E-state index contributed by atoms with van der Waals surface area (Å²) in [6, 6.07) is 13.9. The zero-order valence-electron chi connectivity index (χ0n) is 17.5. The molecule has 1 aliphatic carbocycles. The highest BCUT2D eigenvalue weighted by Gasteiger charge is 2.25. The van der Waals surface area contributed by atoms with E-state index in [9.17, 15) is 10.1 Å². The molecule has 29 heavy (non-hydrogen) atoms. The third kappa shape index (κ3) is 4.86. The van der Waals surface area contributed by atoms with Gasteiger partial charge in [0.1, 0.15) is 24.2 Å². The van der Waals surface area contributed by atoms with E-state index in [4.69, 9.17) is 9.47 Å². The van der Waals surface area contributed by atoms with Crippen LogP contribution >= 0.6 is 0 Å². The SMILES string of the molecule is COc1ccc(C=C(C#N)C(=O)C(C)(C)C)cc1COc1ccc2c(c1)CCC2. The summed E-state index contributed by atoms with van der Waals surface area (Å²) in [6.07, 6.45) is 5.09. The zero-order chi connectivity index (χ0) is 21.0. The summed E-state index contributed by atoms with van der Waals surface area (Å²) < 4.78 is 11.5. The molecule has 0 saturated carbocycles. The summed E-state index contributed by atoms with van der Waals surface area (Å²) in [5.41, 5.74) is 3.95. The highest BCUT2D eigenvalue weighted by molar-refractivity contribution is 6.06. The van der Waals surface area contributed by atoms with Crippen LogP contribution < -0.4 is 9.47 Å². The molecule has 0 saturated heterocycles. The fraction of sp³-hybridized carbons (Fsp3) is 0.360. The van der Waals surface area contributed by atoms with Crippen molar-refractivity contribution >= 4 is 11.9 Å². The van der Waals surface area contributed by atoms with Crippen molar-refractivity contribution in [3.8, 4) is 17.6 Å². The molecule has 0 N–H and O–H groups in total. The van der Waals surface area contributed by atoms with Gasteiger partial charge in [0.05, 0.1) is 12.7 Å². The van der Waals surface area contributed by atoms with Crippen LogP contribution in [0.15, 0.2) is 42.0 Å². The largest absolute Gasteiger partial charge is 0.496 e. The molecule has 2 aromatic carbocycles. The summed E-state index contributed by atoms with van der Waals surface area (Å²) in [5.74, 6) is 1.38. The van der Waals surface area contributed by atoms with E-state index in [-0.39, 0.29) is 11.4 Å². The highest BCUT2D eigenvalue weighted by atomic mass is 16.5. The predicted molar refractivity (Wildman–Crippen MR) is 114 cm³/mol. The van der Waals surface area contributed by atoms with Gasteiger partial charge in [0, 0.05) is 11.0 Å². The van der Waals surface area contributed by atoms with Crippen molar-refractivity contribution in [2.75, 3.05) is 7.11 Å². The van der Waals surface area contributed by atoms with Crippen molar-refractivity contribution in [3.05, 3.63) is 64.2 Å². The third-order valence-corrected chi connectivity index (χ3v) is 5.13. The first kappa shape index (κ1) is 20.7. The summed E-state index contributed by atoms with van der Waals surface area (Å²) in [7, 11) is 1.62. The van der Waals surface area contributed by atoms with Crippen molar-refractivity contribution in [2.24, 2.45) is 5.41 Å². The van der Waals surface area contributed by atoms with Crippen molar-refractivity contribution in [1.82, 2.24) is 0 Å². The molecule has 0 aromatic heterocycles. The molecule has 0 heterocycles. The van der Waals surface area contributed by atoms with E-state index >= 15 is 0 Å². The summed E-state index contributed by atoms with van der Waals surface area (Å²) >= 11 is 0. The lowest BCUT2D eigenvalue weighted by atomic mass is 9.86. The maximum atomic E-state index is 12.5. The molecule has 0 atom stereocenters. The average molecular weight is 389 g/mol. The van der Waals surface area contributed by atoms with Crippen LogP contribution in [0.4, 0.5) is 0 Å². The van der Waals surface area contributed by atoms with Crippen LogP contribution in [-0.2, 0) is 24.2 Å². The monoisotopic (exact) mass is 389 g/mol. The second-order valence-corrected chi connectivity index (χ2v) is 8.39. The summed E-state index contributed by atoms with van der Waals surface area (Å²) in [4.78, 5) is 12.5. The standard InChI is InChI=1S/C25H27NO3/c1-25(2,3)24(27)20(15-26)12-17-8-11-23(28-4)21(13-17)16-29-22-10-9-18-6-5-7-19(18)14-22/h8-14H,5-7,16H2,1-4H3. The average Bonchev–Trinajstić information content (AvgIpc) is 3.17. The first-order valence-corrected chi connectivity index (χ1v) is 9.90. The Morgan fingerprint density at radius 1 is 1.14 bits per heavy atom. The van der Waals surface area contributed by atoms with E-state index in [1.807, 2.05) is 51.1 Å². The number of allylic oxidation sites excluding steroid dienone is 1. The molecule has 4 heteroatoms. The summed E-state index contributed by atoms with van der Waals surface area (Å²) in [5, 5.41) is 9.43. The smallest absolute Gasteiger partial charge is 0.178 e. The minimum atomic E-state index is -0.604. The van der Waals surface area contributed by atoms with Crippen LogP contribution in [0.2, 0.25) is 0 Å². The van der Waals surface area contributed by atoms with Gasteiger partial charge in [0.25, 0.3) is 0 Å². The molecule has 0 spiro atoms. The number of ketones is 1. The van der Waals surface area contributed by atoms with Gasteiger partial charge in [0.2, 0.25) is 0 Å². The first-order valence-electron chi connectivity index (χ1n) is 9.90. The second-order valence-electron chi connectivity index (χ2n) is 8.39. The lowest BCUT2D eigenvalue weighted by Crippen LogP contribution is -2.21. The fourth-order valence-corrected chi connectivity index (χ4v) is 3.52. The number of Topliss-reactive ketones (excluding diaryl/α,β-unsaturated/α-hetero) is 1. The number of nitrogens with zero attached hydrogens (tertiary/aromatic N) is 1. The Hall–Kier alpha value is -3.06. The molecule has 0 radical (unpaired) electrons. The van der Waals surface area contributed by atoms with E-state index in [2.05, 4.69) is 12.1 Å². The van der Waals surface area contributed by atoms with Gasteiger partial charge < -0.3 is 9.47 Å². The van der Waals surface area contributed by atoms with Gasteiger partial charge in [-0.1, -0.05) is 32.9 Å². The van der Waals surface area contributed by atoms with Gasteiger partial charge in [-0.2, -0.15) is 5.26 Å². The number of ether oxygens (including phenoxy) is 2. The molecule has 1 aliphatic rings. The van der Waals surface area contributed by atoms with Crippen molar-refractivity contribution in [3.63, 3.8) is 0 Å². The van der Waals surface area contributed by atoms with Crippen molar-refractivity contribution in [1.29, 1.82) is 5.26 Å². The number of fused-ring (bicyclic) bond motifs is 1. The quantitative estimate of drug-likeness (QED) is 0.498. The van der Waals surface area contributed by atoms with E-state index < -0.39 is 5.41 Å². The van der Waals surface area contributed by atoms with Crippen LogP contribution in [0.3, 0.4) is 0 Å². The Morgan fingerprint density at radius 3 is 2.59 bits per heavy atom. The Kier molecular flexibility index (Phi) is 6.08. The van der Waals surface area contributed by atoms with Crippen LogP contribution in [-0.4, -0.2) is 12.9 Å². The predicted octanol–water partition coefficient (Wildman–Crippen LogP) is 5.29. The maximum absolute atomic E-state index is 12.5. The molecule has 0 unspecified atom stereocenters. The number of nitriles is 1. The maximum Gasteiger partial charge on any atom is 0.178 e. The van der Waals surface area contributed by atoms with Gasteiger partial charge in [-0.25, -0.2) is 0 Å². The zero-order valence-corrected chi connectivity index (χ0v) is 17.5. The number of hydrogen-bond donors (Lipinski definition) is 0. The lowest BCUT2D eigenvalue weighted by Gasteiger charge is -2.16. The number of benzene rings is 2. The van der Waals surface area contributed by atoms with Crippen molar-refractivity contribution in [2.45, 2.75) is 46.6 Å². The fourth-order valence-electron chi connectivity index (χ4n) is 3.52. The molecule has 0 amide bonds. The molecule has 2 aromatic rings. The molecule has 0 bridgehead atoms. The Morgan fingerprint density at radius 2 is 1.90 bits per heavy atom. The Labute approximate surface area is 172 Å². The molecule has 4 nitrogen and oxygen atoms in total. The second kappa shape index (κ2) is 8.53. The molecular weight excluding hydrogens is 362 g/mol. The van der Waals surface area contributed by atoms with E-state index in [0.29, 0.717) is 12.4 Å². The number of carbonyl (C=O) groups excluding carboxylic acids is 1. The number of rotatable bonds is 6. The van der Waals surface area contributed by atoms with E-state index in [0.717, 1.165) is 29.7 Å². The van der Waals surface area contributed by atoms with E-state index in [1.165, 1.54) is 17.5 Å². The Bertz CT molecular complexity index is 990. The van der Waals surface area contributed by atoms with Gasteiger partial charge in [-0.3, -0.25) is 4.79 Å². The molecular formula is C25H27NO3. The molecule has 150 valence electrons. The first-order chi connectivity index (χ1) is 13.8. The molecule has 0 aliphatic heterocycles. The minimum Gasteiger partial charge on any atom is -0.496 e. The number of methoxy groups -OCH3 is 1. The summed E-state index contributed by atoms with van der Waals surface area (Å²) in [6.45, 7) is 5.78.